The number of nitrogens with zero attached hydrogens (tertiary/aromatic N) is 2. The van der Waals surface area contributed by atoms with Crippen molar-refractivity contribution in [1.82, 2.24) is 9.78 Å². The molecule has 1 aromatic carbocycles. The van der Waals surface area contributed by atoms with E-state index in [1.54, 1.807) is 19.3 Å². The van der Waals surface area contributed by atoms with Crippen LogP contribution in [0.3, 0.4) is 0 Å². The SMILES string of the molecule is CC(=O)c1cnn(CCc2ccccc2)c1. The normalized spacial score (nSPS) is 10.3. The summed E-state index contributed by atoms with van der Waals surface area (Å²) < 4.78 is 1.81. The van der Waals surface area contributed by atoms with Crippen LogP contribution in [-0.4, -0.2) is 15.6 Å². The molecule has 2 rings (SSSR count). The monoisotopic (exact) mass is 214 g/mol. The molecule has 0 bridgehead atoms. The van der Waals surface area contributed by atoms with Crippen molar-refractivity contribution < 1.29 is 4.79 Å². The average molecular weight is 214 g/mol. The predicted molar refractivity (Wildman–Crippen MR) is 62.4 cm³/mol. The van der Waals surface area contributed by atoms with Crippen molar-refractivity contribution in [2.45, 2.75) is 19.9 Å². The van der Waals surface area contributed by atoms with Crippen LogP contribution < -0.4 is 0 Å². The van der Waals surface area contributed by atoms with Gasteiger partial charge in [-0.05, 0) is 18.9 Å². The summed E-state index contributed by atoms with van der Waals surface area (Å²) in [4.78, 5) is 11.1. The standard InChI is InChI=1S/C13H14N2O/c1-11(16)13-9-14-15(10-13)8-7-12-5-3-2-4-6-12/h2-6,9-10H,7-8H2,1H3. The van der Waals surface area contributed by atoms with E-state index in [4.69, 9.17) is 0 Å². The van der Waals surface area contributed by atoms with Crippen molar-refractivity contribution >= 4 is 5.78 Å². The molecule has 2 aromatic rings. The Morgan fingerprint density at radius 1 is 1.31 bits per heavy atom. The van der Waals surface area contributed by atoms with Crippen LogP contribution in [0.4, 0.5) is 0 Å². The molecule has 0 aliphatic heterocycles. The van der Waals surface area contributed by atoms with E-state index in [9.17, 15) is 4.79 Å². The molecular formula is C13H14N2O. The molecule has 0 atom stereocenters. The summed E-state index contributed by atoms with van der Waals surface area (Å²) in [6, 6.07) is 10.2. The van der Waals surface area contributed by atoms with Gasteiger partial charge in [0.2, 0.25) is 0 Å². The fraction of sp³-hybridized carbons (Fsp3) is 0.231. The highest BCUT2D eigenvalue weighted by Gasteiger charge is 2.02. The van der Waals surface area contributed by atoms with Gasteiger partial charge in [0.15, 0.2) is 5.78 Å². The van der Waals surface area contributed by atoms with Gasteiger partial charge in [-0.25, -0.2) is 0 Å². The summed E-state index contributed by atoms with van der Waals surface area (Å²) in [5, 5.41) is 4.15. The molecule has 0 spiro atoms. The third-order valence-electron chi connectivity index (χ3n) is 2.51. The van der Waals surface area contributed by atoms with Crippen LogP contribution in [0.15, 0.2) is 42.7 Å². The first-order valence-electron chi connectivity index (χ1n) is 5.33. The molecule has 82 valence electrons. The molecule has 16 heavy (non-hydrogen) atoms. The van der Waals surface area contributed by atoms with Gasteiger partial charge in [0.05, 0.1) is 11.8 Å². The fourth-order valence-electron chi connectivity index (χ4n) is 1.56. The average Bonchev–Trinajstić information content (AvgIpc) is 2.76. The van der Waals surface area contributed by atoms with Gasteiger partial charge in [0.25, 0.3) is 0 Å². The molecule has 0 amide bonds. The maximum Gasteiger partial charge on any atom is 0.162 e. The molecular weight excluding hydrogens is 200 g/mol. The number of aryl methyl sites for hydroxylation is 2. The minimum Gasteiger partial charge on any atom is -0.294 e. The number of carbonyl (C=O) groups excluding carboxylic acids is 1. The Balaban J connectivity index is 1.97. The smallest absolute Gasteiger partial charge is 0.162 e. The van der Waals surface area contributed by atoms with E-state index in [1.807, 2.05) is 22.9 Å². The van der Waals surface area contributed by atoms with Crippen molar-refractivity contribution in [3.8, 4) is 0 Å². The molecule has 3 heteroatoms. The molecule has 3 nitrogen and oxygen atoms in total. The lowest BCUT2D eigenvalue weighted by atomic mass is 10.1. The predicted octanol–water partition coefficient (Wildman–Crippen LogP) is 2.33. The fourth-order valence-corrected chi connectivity index (χ4v) is 1.56. The van der Waals surface area contributed by atoms with Crippen molar-refractivity contribution in [2.75, 3.05) is 0 Å². The number of hydrogen-bond donors (Lipinski definition) is 0. The van der Waals surface area contributed by atoms with Crippen molar-refractivity contribution in [3.05, 3.63) is 53.9 Å². The summed E-state index contributed by atoms with van der Waals surface area (Å²) in [6.45, 7) is 2.36. The first kappa shape index (κ1) is 10.6. The Kier molecular flexibility index (Phi) is 3.15. The second-order valence-electron chi connectivity index (χ2n) is 3.78. The molecule has 0 radical (unpaired) electrons. The number of Topliss-reactive ketones (excluding diaryl/α,β-unsaturated/α-hetero) is 1. The summed E-state index contributed by atoms with van der Waals surface area (Å²) in [5.74, 6) is 0.0611. The van der Waals surface area contributed by atoms with Crippen LogP contribution in [0.2, 0.25) is 0 Å². The van der Waals surface area contributed by atoms with E-state index in [0.29, 0.717) is 5.56 Å². The van der Waals surface area contributed by atoms with Gasteiger partial charge < -0.3 is 0 Å². The minimum absolute atomic E-state index is 0.0611. The Bertz CT molecular complexity index is 474. The van der Waals surface area contributed by atoms with E-state index < -0.39 is 0 Å². The Labute approximate surface area is 94.7 Å². The largest absolute Gasteiger partial charge is 0.294 e. The molecule has 0 saturated heterocycles. The lowest BCUT2D eigenvalue weighted by molar-refractivity contribution is 0.101. The van der Waals surface area contributed by atoms with E-state index in [-0.39, 0.29) is 5.78 Å². The summed E-state index contributed by atoms with van der Waals surface area (Å²) in [6.07, 6.45) is 4.35. The van der Waals surface area contributed by atoms with Crippen molar-refractivity contribution in [1.29, 1.82) is 0 Å². The van der Waals surface area contributed by atoms with Gasteiger partial charge in [-0.15, -0.1) is 0 Å². The highest BCUT2D eigenvalue weighted by Crippen LogP contribution is 2.03. The number of carbonyl (C=O) groups is 1. The van der Waals surface area contributed by atoms with Crippen molar-refractivity contribution in [3.63, 3.8) is 0 Å². The second kappa shape index (κ2) is 4.75. The van der Waals surface area contributed by atoms with Crippen LogP contribution in [0, 0.1) is 0 Å². The third kappa shape index (κ3) is 2.57. The van der Waals surface area contributed by atoms with E-state index >= 15 is 0 Å². The van der Waals surface area contributed by atoms with Gasteiger partial charge >= 0.3 is 0 Å². The summed E-state index contributed by atoms with van der Waals surface area (Å²) in [7, 11) is 0. The van der Waals surface area contributed by atoms with Gasteiger partial charge in [-0.3, -0.25) is 9.48 Å². The number of aromatic nitrogens is 2. The van der Waals surface area contributed by atoms with Gasteiger partial charge in [0, 0.05) is 12.7 Å². The molecule has 0 saturated carbocycles. The van der Waals surface area contributed by atoms with Crippen LogP contribution in [-0.2, 0) is 13.0 Å². The number of hydrogen-bond acceptors (Lipinski definition) is 2. The number of benzene rings is 1. The third-order valence-corrected chi connectivity index (χ3v) is 2.51. The highest BCUT2D eigenvalue weighted by atomic mass is 16.1. The number of ketones is 1. The van der Waals surface area contributed by atoms with Crippen LogP contribution in [0.1, 0.15) is 22.8 Å². The lowest BCUT2D eigenvalue weighted by Gasteiger charge is -2.01. The molecule has 0 aliphatic carbocycles. The zero-order valence-corrected chi connectivity index (χ0v) is 9.26. The summed E-state index contributed by atoms with van der Waals surface area (Å²) >= 11 is 0. The van der Waals surface area contributed by atoms with E-state index in [0.717, 1.165) is 13.0 Å². The minimum atomic E-state index is 0.0611. The number of rotatable bonds is 4. The highest BCUT2D eigenvalue weighted by molar-refractivity contribution is 5.93. The quantitative estimate of drug-likeness (QED) is 0.732. The Hall–Kier alpha value is -1.90. The molecule has 0 fully saturated rings. The van der Waals surface area contributed by atoms with Crippen molar-refractivity contribution in [2.24, 2.45) is 0 Å². The zero-order chi connectivity index (χ0) is 11.4. The molecule has 1 heterocycles. The van der Waals surface area contributed by atoms with E-state index in [2.05, 4.69) is 17.2 Å². The van der Waals surface area contributed by atoms with Crippen LogP contribution >= 0.6 is 0 Å². The van der Waals surface area contributed by atoms with Gasteiger partial charge in [-0.2, -0.15) is 5.10 Å². The van der Waals surface area contributed by atoms with Gasteiger partial charge in [0.1, 0.15) is 0 Å². The zero-order valence-electron chi connectivity index (χ0n) is 9.26. The lowest BCUT2D eigenvalue weighted by Crippen LogP contribution is -2.01. The topological polar surface area (TPSA) is 34.9 Å². The Morgan fingerprint density at radius 3 is 2.69 bits per heavy atom. The first-order chi connectivity index (χ1) is 7.75. The molecule has 0 N–H and O–H groups in total. The molecule has 0 unspecified atom stereocenters. The van der Waals surface area contributed by atoms with Gasteiger partial charge in [-0.1, -0.05) is 30.3 Å². The molecule has 0 aliphatic rings. The molecule has 1 aromatic heterocycles. The summed E-state index contributed by atoms with van der Waals surface area (Å²) in [5.41, 5.74) is 1.95. The Morgan fingerprint density at radius 2 is 2.06 bits per heavy atom. The second-order valence-corrected chi connectivity index (χ2v) is 3.78. The van der Waals surface area contributed by atoms with Crippen LogP contribution in [0.25, 0.3) is 0 Å². The van der Waals surface area contributed by atoms with Crippen LogP contribution in [0.5, 0.6) is 0 Å². The first-order valence-corrected chi connectivity index (χ1v) is 5.33. The maximum atomic E-state index is 11.1. The van der Waals surface area contributed by atoms with E-state index in [1.165, 1.54) is 5.56 Å². The maximum absolute atomic E-state index is 11.1.